The van der Waals surface area contributed by atoms with Crippen molar-refractivity contribution >= 4 is 29.1 Å². The molecule has 0 saturated carbocycles. The molecular weight excluding hydrogens is 383 g/mol. The maximum atomic E-state index is 12.8. The number of aryl methyl sites for hydroxylation is 2. The Hall–Kier alpha value is -2.11. The highest BCUT2D eigenvalue weighted by Gasteiger charge is 2.19. The number of hydrogen-bond donors (Lipinski definition) is 0. The Kier molecular flexibility index (Phi) is 5.32. The second-order valence-electron chi connectivity index (χ2n) is 6.50. The number of Topliss-reactive ketones (excluding diaryl/α,β-unsaturated/α-hetero) is 1. The van der Waals surface area contributed by atoms with Crippen molar-refractivity contribution < 1.29 is 9.18 Å². The van der Waals surface area contributed by atoms with Gasteiger partial charge in [0.1, 0.15) is 12.4 Å². The average Bonchev–Trinajstić information content (AvgIpc) is 3.06. The summed E-state index contributed by atoms with van der Waals surface area (Å²) in [5.74, 6) is 0.210. The molecule has 27 heavy (non-hydrogen) atoms. The van der Waals surface area contributed by atoms with Crippen molar-refractivity contribution in [2.45, 2.75) is 35.6 Å². The number of benzene rings is 2. The zero-order valence-corrected chi connectivity index (χ0v) is 16.2. The molecule has 1 heterocycles. The van der Waals surface area contributed by atoms with Crippen molar-refractivity contribution in [1.82, 2.24) is 9.78 Å². The maximum absolute atomic E-state index is 12.8. The number of halogens is 2. The number of carbonyl (C=O) groups excluding carboxylic acids is 1. The van der Waals surface area contributed by atoms with Crippen molar-refractivity contribution in [3.63, 3.8) is 0 Å². The van der Waals surface area contributed by atoms with Gasteiger partial charge in [-0.3, -0.25) is 9.48 Å². The zero-order chi connectivity index (χ0) is 18.8. The fraction of sp³-hybridized carbons (Fsp3) is 0.238. The van der Waals surface area contributed by atoms with E-state index in [1.165, 1.54) is 0 Å². The molecule has 0 bridgehead atoms. The van der Waals surface area contributed by atoms with Crippen LogP contribution in [0.1, 0.15) is 28.8 Å². The molecule has 0 saturated heterocycles. The number of ketones is 1. The Morgan fingerprint density at radius 3 is 2.74 bits per heavy atom. The first-order valence-corrected chi connectivity index (χ1v) is 10.1. The minimum absolute atomic E-state index is 0.210. The summed E-state index contributed by atoms with van der Waals surface area (Å²) in [5.41, 5.74) is 3.66. The average molecular weight is 401 g/mol. The topological polar surface area (TPSA) is 34.9 Å². The molecule has 0 radical (unpaired) electrons. The number of hydrogen-bond acceptors (Lipinski definition) is 3. The van der Waals surface area contributed by atoms with Crippen LogP contribution in [0.4, 0.5) is 4.39 Å². The number of rotatable bonds is 5. The third-order valence-corrected chi connectivity index (χ3v) is 5.89. The first kappa shape index (κ1) is 18.3. The highest BCUT2D eigenvalue weighted by molar-refractivity contribution is 7.99. The van der Waals surface area contributed by atoms with Crippen LogP contribution < -0.4 is 0 Å². The van der Waals surface area contributed by atoms with E-state index in [-0.39, 0.29) is 12.3 Å². The van der Waals surface area contributed by atoms with Crippen LogP contribution >= 0.6 is 23.4 Å². The van der Waals surface area contributed by atoms with Crippen LogP contribution in [0.25, 0.3) is 11.3 Å². The van der Waals surface area contributed by atoms with Gasteiger partial charge in [-0.25, -0.2) is 4.39 Å². The highest BCUT2D eigenvalue weighted by atomic mass is 35.5. The van der Waals surface area contributed by atoms with Crippen LogP contribution in [-0.4, -0.2) is 22.2 Å². The Morgan fingerprint density at radius 1 is 1.15 bits per heavy atom. The van der Waals surface area contributed by atoms with E-state index < -0.39 is 6.67 Å². The third kappa shape index (κ3) is 3.94. The van der Waals surface area contributed by atoms with Crippen molar-refractivity contribution in [3.05, 3.63) is 64.8 Å². The van der Waals surface area contributed by atoms with E-state index in [4.69, 9.17) is 11.6 Å². The molecule has 0 fully saturated rings. The first-order valence-electron chi connectivity index (χ1n) is 8.87. The molecule has 1 aliphatic carbocycles. The summed E-state index contributed by atoms with van der Waals surface area (Å²) >= 11 is 7.54. The largest absolute Gasteiger partial charge is 0.294 e. The standard InChI is InChI=1S/C21H18ClFN2OS/c22-16-5-7-17(8-6-16)27-20-13-25(11-10-23)24-21(20)15-4-9-18-14(12-15)2-1-3-19(18)26/h4-9,12-13H,1-3,10-11H2. The van der Waals surface area contributed by atoms with Crippen molar-refractivity contribution in [2.24, 2.45) is 0 Å². The van der Waals surface area contributed by atoms with Gasteiger partial charge in [0.25, 0.3) is 0 Å². The summed E-state index contributed by atoms with van der Waals surface area (Å²) < 4.78 is 14.5. The summed E-state index contributed by atoms with van der Waals surface area (Å²) in [5, 5.41) is 5.28. The molecule has 3 aromatic rings. The number of nitrogens with zero attached hydrogens (tertiary/aromatic N) is 2. The summed E-state index contributed by atoms with van der Waals surface area (Å²) in [6, 6.07) is 13.5. The predicted molar refractivity (Wildman–Crippen MR) is 106 cm³/mol. The van der Waals surface area contributed by atoms with E-state index in [0.717, 1.165) is 45.0 Å². The van der Waals surface area contributed by atoms with Gasteiger partial charge in [-0.05, 0) is 48.7 Å². The number of fused-ring (bicyclic) bond motifs is 1. The molecule has 0 N–H and O–H groups in total. The Morgan fingerprint density at radius 2 is 1.96 bits per heavy atom. The lowest BCUT2D eigenvalue weighted by atomic mass is 9.89. The summed E-state index contributed by atoms with van der Waals surface area (Å²) in [6.07, 6.45) is 4.28. The molecular formula is C21H18ClFN2OS. The molecule has 0 spiro atoms. The quantitative estimate of drug-likeness (QED) is 0.539. The van der Waals surface area contributed by atoms with Gasteiger partial charge in [-0.2, -0.15) is 5.10 Å². The maximum Gasteiger partial charge on any atom is 0.163 e. The first-order chi connectivity index (χ1) is 13.1. The lowest BCUT2D eigenvalue weighted by Crippen LogP contribution is -2.10. The molecule has 6 heteroatoms. The fourth-order valence-corrected chi connectivity index (χ4v) is 4.38. The normalized spacial score (nSPS) is 13.6. The molecule has 3 nitrogen and oxygen atoms in total. The second-order valence-corrected chi connectivity index (χ2v) is 8.05. The molecule has 1 aliphatic rings. The summed E-state index contributed by atoms with van der Waals surface area (Å²) in [7, 11) is 0. The van der Waals surface area contributed by atoms with Gasteiger partial charge < -0.3 is 0 Å². The van der Waals surface area contributed by atoms with Crippen LogP contribution in [0.3, 0.4) is 0 Å². The SMILES string of the molecule is O=C1CCCc2cc(-c3nn(CCF)cc3Sc3ccc(Cl)cc3)ccc21. The second kappa shape index (κ2) is 7.87. The van der Waals surface area contributed by atoms with E-state index in [0.29, 0.717) is 11.4 Å². The Balaban J connectivity index is 1.72. The van der Waals surface area contributed by atoms with E-state index >= 15 is 0 Å². The van der Waals surface area contributed by atoms with Crippen LogP contribution in [-0.2, 0) is 13.0 Å². The third-order valence-electron chi connectivity index (χ3n) is 4.61. The highest BCUT2D eigenvalue weighted by Crippen LogP contribution is 2.37. The lowest BCUT2D eigenvalue weighted by molar-refractivity contribution is 0.0972. The molecule has 0 aliphatic heterocycles. The van der Waals surface area contributed by atoms with Crippen molar-refractivity contribution in [3.8, 4) is 11.3 Å². The van der Waals surface area contributed by atoms with Crippen LogP contribution in [0.15, 0.2) is 58.5 Å². The van der Waals surface area contributed by atoms with E-state index in [9.17, 15) is 9.18 Å². The molecule has 0 unspecified atom stereocenters. The smallest absolute Gasteiger partial charge is 0.163 e. The van der Waals surface area contributed by atoms with Gasteiger partial charge in [0.2, 0.25) is 0 Å². The van der Waals surface area contributed by atoms with Gasteiger partial charge in [0.05, 0.1) is 11.4 Å². The van der Waals surface area contributed by atoms with Crippen LogP contribution in [0, 0.1) is 0 Å². The van der Waals surface area contributed by atoms with Gasteiger partial charge in [-0.15, -0.1) is 0 Å². The zero-order valence-electron chi connectivity index (χ0n) is 14.6. The minimum atomic E-state index is -0.467. The molecule has 0 atom stereocenters. The van der Waals surface area contributed by atoms with Gasteiger partial charge >= 0.3 is 0 Å². The van der Waals surface area contributed by atoms with Crippen LogP contribution in [0.5, 0.6) is 0 Å². The molecule has 0 amide bonds. The minimum Gasteiger partial charge on any atom is -0.294 e. The van der Waals surface area contributed by atoms with E-state index in [1.54, 1.807) is 16.4 Å². The molecule has 4 rings (SSSR count). The number of carbonyl (C=O) groups is 1. The monoisotopic (exact) mass is 400 g/mol. The van der Waals surface area contributed by atoms with Gasteiger partial charge in [0.15, 0.2) is 5.78 Å². The fourth-order valence-electron chi connectivity index (χ4n) is 3.30. The van der Waals surface area contributed by atoms with Gasteiger partial charge in [0, 0.05) is 33.7 Å². The molecule has 138 valence electrons. The summed E-state index contributed by atoms with van der Waals surface area (Å²) in [6.45, 7) is -0.248. The van der Waals surface area contributed by atoms with Gasteiger partial charge in [-0.1, -0.05) is 35.5 Å². The number of aromatic nitrogens is 2. The Labute approximate surface area is 166 Å². The van der Waals surface area contributed by atoms with Crippen molar-refractivity contribution in [2.75, 3.05) is 6.67 Å². The predicted octanol–water partition coefficient (Wildman–Crippen LogP) is 5.84. The van der Waals surface area contributed by atoms with Crippen LogP contribution in [0.2, 0.25) is 5.02 Å². The lowest BCUT2D eigenvalue weighted by Gasteiger charge is -2.15. The van der Waals surface area contributed by atoms with E-state index in [1.807, 2.05) is 42.6 Å². The summed E-state index contributed by atoms with van der Waals surface area (Å²) in [4.78, 5) is 14.1. The van der Waals surface area contributed by atoms with E-state index in [2.05, 4.69) is 11.2 Å². The molecule has 1 aromatic heterocycles. The molecule has 2 aromatic carbocycles. The van der Waals surface area contributed by atoms with Crippen molar-refractivity contribution in [1.29, 1.82) is 0 Å². The number of alkyl halides is 1. The Bertz CT molecular complexity index is 984.